The Morgan fingerprint density at radius 3 is 2.25 bits per heavy atom. The maximum absolute atomic E-state index is 6.91. The van der Waals surface area contributed by atoms with E-state index in [-0.39, 0.29) is 43.5 Å². The summed E-state index contributed by atoms with van der Waals surface area (Å²) < 4.78 is 13.7. The Bertz CT molecular complexity index is 2330. The van der Waals surface area contributed by atoms with E-state index in [1.807, 2.05) is 12.3 Å². The van der Waals surface area contributed by atoms with Crippen molar-refractivity contribution in [2.24, 2.45) is 4.99 Å². The van der Waals surface area contributed by atoms with Gasteiger partial charge in [-0.2, -0.15) is 5.56 Å². The van der Waals surface area contributed by atoms with Crippen LogP contribution in [0, 0.1) is 19.1 Å². The van der Waals surface area contributed by atoms with Crippen LogP contribution in [-0.4, -0.2) is 22.5 Å². The van der Waals surface area contributed by atoms with Gasteiger partial charge in [0.2, 0.25) is 0 Å². The molecule has 5 nitrogen and oxygen atoms in total. The van der Waals surface area contributed by atoms with Crippen LogP contribution in [-0.2, 0) is 36.6 Å². The molecule has 0 saturated heterocycles. The van der Waals surface area contributed by atoms with E-state index < -0.39 is 0 Å². The molecule has 0 radical (unpaired) electrons. The largest absolute Gasteiger partial charge is 2.00 e. The predicted molar refractivity (Wildman–Crippen MR) is 231 cm³/mol. The van der Waals surface area contributed by atoms with Gasteiger partial charge in [0.05, 0.1) is 6.04 Å². The third-order valence-electron chi connectivity index (χ3n) is 12.3. The summed E-state index contributed by atoms with van der Waals surface area (Å²) >= 11 is 0. The topological polar surface area (TPSA) is 47.0 Å². The van der Waals surface area contributed by atoms with Crippen LogP contribution in [0.2, 0.25) is 0 Å². The maximum atomic E-state index is 6.91. The SMILES string of the molecule is Cc1cc(Oc2[c-]c(C3=N[C@@H]4CCCC[C@]4(C)O3)cc(-c3c(C(C)C)cccc3C(C)C)c2)[c-]c(N2c3ccc(C(C)(C)C)cc3C(C)(C)c3cccnc32)c1.[Pt+2]. The quantitative estimate of drug-likeness (QED) is 0.153. The number of nitrogens with zero attached hydrogens (tertiary/aromatic N) is 3. The fourth-order valence-electron chi connectivity index (χ4n) is 9.08. The maximum Gasteiger partial charge on any atom is 2.00 e. The number of hydrogen-bond donors (Lipinski definition) is 0. The Balaban J connectivity index is 0.00000496. The number of ether oxygens (including phenoxy) is 2. The summed E-state index contributed by atoms with van der Waals surface area (Å²) in [6.45, 7) is 24.9. The van der Waals surface area contributed by atoms with Gasteiger partial charge in [-0.05, 0) is 83.4 Å². The van der Waals surface area contributed by atoms with Crippen LogP contribution < -0.4 is 9.64 Å². The molecule has 0 spiro atoms. The van der Waals surface area contributed by atoms with E-state index in [1.165, 1.54) is 39.8 Å². The number of aliphatic imine (C=N–C) groups is 1. The van der Waals surface area contributed by atoms with Crippen molar-refractivity contribution >= 4 is 23.1 Å². The van der Waals surface area contributed by atoms with Gasteiger partial charge in [-0.1, -0.05) is 141 Å². The zero-order valence-electron chi connectivity index (χ0n) is 35.5. The van der Waals surface area contributed by atoms with E-state index in [1.54, 1.807) is 0 Å². The Morgan fingerprint density at radius 1 is 0.842 bits per heavy atom. The second-order valence-electron chi connectivity index (χ2n) is 18.7. The molecule has 0 bridgehead atoms. The van der Waals surface area contributed by atoms with E-state index in [9.17, 15) is 0 Å². The number of fused-ring (bicyclic) bond motifs is 3. The summed E-state index contributed by atoms with van der Waals surface area (Å²) in [5.41, 5.74) is 12.1. The Morgan fingerprint density at radius 2 is 1.56 bits per heavy atom. The molecule has 2 aliphatic heterocycles. The molecule has 1 aromatic heterocycles. The number of pyridine rings is 1. The molecule has 1 saturated carbocycles. The molecule has 3 aliphatic rings. The predicted octanol–water partition coefficient (Wildman–Crippen LogP) is 13.6. The van der Waals surface area contributed by atoms with Crippen LogP contribution in [0.15, 0.2) is 84.0 Å². The van der Waals surface area contributed by atoms with Crippen molar-refractivity contribution < 1.29 is 30.5 Å². The van der Waals surface area contributed by atoms with Gasteiger partial charge in [-0.25, -0.2) is 4.98 Å². The minimum absolute atomic E-state index is 0. The van der Waals surface area contributed by atoms with Gasteiger partial charge in [-0.3, -0.25) is 4.99 Å². The van der Waals surface area contributed by atoms with Gasteiger partial charge in [0.15, 0.2) is 0 Å². The molecule has 0 N–H and O–H groups in total. The van der Waals surface area contributed by atoms with Crippen molar-refractivity contribution in [2.45, 2.75) is 136 Å². The molecule has 6 heteroatoms. The number of aromatic nitrogens is 1. The molecule has 0 amide bonds. The molecule has 1 fully saturated rings. The van der Waals surface area contributed by atoms with Crippen molar-refractivity contribution in [3.05, 3.63) is 130 Å². The number of hydrogen-bond acceptors (Lipinski definition) is 5. The first-order chi connectivity index (χ1) is 26.5. The number of anilines is 3. The van der Waals surface area contributed by atoms with Gasteiger partial charge in [0.1, 0.15) is 17.3 Å². The minimum atomic E-state index is -0.284. The van der Waals surface area contributed by atoms with Crippen LogP contribution in [0.5, 0.6) is 11.5 Å². The van der Waals surface area contributed by atoms with Crippen molar-refractivity contribution in [3.8, 4) is 22.6 Å². The fourth-order valence-corrected chi connectivity index (χ4v) is 9.08. The summed E-state index contributed by atoms with van der Waals surface area (Å²) in [5, 5.41) is 0. The standard InChI is InChI=1S/C51H57N3O2.Pt/c1-31(2)40-16-14-17-41(32(3)4)46(40)34-26-35(48-53-45-19-12-13-22-51(45,11)56-48)28-39(27-34)55-38-25-33(5)24-37(30-38)54-44-21-20-36(49(6,7)8)29-43(44)50(9,10)42-18-15-23-52-47(42)54;/h14-18,20-21,23-27,29,31-32,45H,12-13,19,22H2,1-11H3;/q-2;+2/t45-,51+;/m1./s1. The molecule has 4 aromatic carbocycles. The van der Waals surface area contributed by atoms with E-state index in [0.29, 0.717) is 29.2 Å². The zero-order chi connectivity index (χ0) is 39.7. The van der Waals surface area contributed by atoms with Crippen LogP contribution in [0.4, 0.5) is 17.2 Å². The normalized spacial score (nSPS) is 19.6. The summed E-state index contributed by atoms with van der Waals surface area (Å²) in [7, 11) is 0. The average Bonchev–Trinajstić information content (AvgIpc) is 3.51. The Hall–Kier alpha value is -4.21. The van der Waals surface area contributed by atoms with Crippen molar-refractivity contribution in [1.82, 2.24) is 4.98 Å². The van der Waals surface area contributed by atoms with Crippen molar-refractivity contribution in [1.29, 1.82) is 0 Å². The van der Waals surface area contributed by atoms with Gasteiger partial charge in [-0.15, -0.1) is 24.3 Å². The number of aryl methyl sites for hydroxylation is 1. The molecule has 0 unspecified atom stereocenters. The molecular weight excluding hydrogens is 882 g/mol. The molecule has 298 valence electrons. The second kappa shape index (κ2) is 15.2. The first-order valence-corrected chi connectivity index (χ1v) is 20.6. The molecule has 57 heavy (non-hydrogen) atoms. The average molecular weight is 939 g/mol. The summed E-state index contributed by atoms with van der Waals surface area (Å²) in [4.78, 5) is 12.5. The van der Waals surface area contributed by atoms with Crippen molar-refractivity contribution in [2.75, 3.05) is 4.90 Å². The van der Waals surface area contributed by atoms with Gasteiger partial charge in [0, 0.05) is 34.4 Å². The third-order valence-corrected chi connectivity index (χ3v) is 12.3. The molecule has 3 heterocycles. The summed E-state index contributed by atoms with van der Waals surface area (Å²) in [6, 6.07) is 33.9. The van der Waals surface area contributed by atoms with E-state index in [2.05, 4.69) is 160 Å². The summed E-state index contributed by atoms with van der Waals surface area (Å²) in [5.74, 6) is 3.48. The molecular formula is C51H57N3O2Pt. The molecule has 2 atom stereocenters. The summed E-state index contributed by atoms with van der Waals surface area (Å²) in [6.07, 6.45) is 6.28. The Labute approximate surface area is 355 Å². The molecule has 1 aliphatic carbocycles. The zero-order valence-corrected chi connectivity index (χ0v) is 37.8. The van der Waals surface area contributed by atoms with Crippen LogP contribution in [0.25, 0.3) is 11.1 Å². The second-order valence-corrected chi connectivity index (χ2v) is 18.7. The Kier molecular flexibility index (Phi) is 10.9. The fraction of sp³-hybridized carbons (Fsp3) is 0.412. The minimum Gasteiger partial charge on any atom is -0.512 e. The number of benzene rings is 4. The first-order valence-electron chi connectivity index (χ1n) is 20.6. The third kappa shape index (κ3) is 7.50. The van der Waals surface area contributed by atoms with Crippen LogP contribution >= 0.6 is 0 Å². The van der Waals surface area contributed by atoms with Crippen LogP contribution in [0.1, 0.15) is 146 Å². The molecule has 5 aromatic rings. The van der Waals surface area contributed by atoms with E-state index in [4.69, 9.17) is 19.5 Å². The first kappa shape index (κ1) is 41.0. The van der Waals surface area contributed by atoms with Crippen LogP contribution in [0.3, 0.4) is 0 Å². The van der Waals surface area contributed by atoms with Gasteiger partial charge < -0.3 is 14.4 Å². The van der Waals surface area contributed by atoms with Crippen molar-refractivity contribution in [3.63, 3.8) is 0 Å². The van der Waals surface area contributed by atoms with E-state index >= 15 is 0 Å². The van der Waals surface area contributed by atoms with Gasteiger partial charge in [0.25, 0.3) is 0 Å². The molecule has 8 rings (SSSR count). The number of rotatable bonds is 7. The monoisotopic (exact) mass is 938 g/mol. The van der Waals surface area contributed by atoms with Gasteiger partial charge >= 0.3 is 21.1 Å². The smallest absolute Gasteiger partial charge is 0.512 e. The van der Waals surface area contributed by atoms with E-state index in [0.717, 1.165) is 53.1 Å².